The van der Waals surface area contributed by atoms with Crippen LogP contribution in [-0.4, -0.2) is 44.5 Å². The molecule has 0 radical (unpaired) electrons. The number of aromatic nitrogens is 2. The zero-order valence-corrected chi connectivity index (χ0v) is 13.4. The van der Waals surface area contributed by atoms with Crippen molar-refractivity contribution in [2.24, 2.45) is 24.8 Å². The van der Waals surface area contributed by atoms with Crippen LogP contribution < -0.4 is 5.69 Å². The Morgan fingerprint density at radius 1 is 1.25 bits per heavy atom. The van der Waals surface area contributed by atoms with E-state index < -0.39 is 11.9 Å². The third-order valence-corrected chi connectivity index (χ3v) is 5.35. The fraction of sp³-hybridized carbons (Fsp3) is 0.471. The molecule has 1 amide bonds. The second-order valence-corrected chi connectivity index (χ2v) is 6.88. The first-order valence-corrected chi connectivity index (χ1v) is 8.16. The molecule has 2 heterocycles. The molecule has 7 nitrogen and oxygen atoms in total. The van der Waals surface area contributed by atoms with Gasteiger partial charge in [0.1, 0.15) is 0 Å². The quantitative estimate of drug-likeness (QED) is 0.880. The first-order valence-electron chi connectivity index (χ1n) is 8.16. The van der Waals surface area contributed by atoms with Crippen LogP contribution in [0.4, 0.5) is 0 Å². The molecule has 24 heavy (non-hydrogen) atoms. The first-order chi connectivity index (χ1) is 11.5. The van der Waals surface area contributed by atoms with Gasteiger partial charge in [0.25, 0.3) is 5.91 Å². The summed E-state index contributed by atoms with van der Waals surface area (Å²) >= 11 is 0. The predicted octanol–water partition coefficient (Wildman–Crippen LogP) is 1.05. The van der Waals surface area contributed by atoms with Gasteiger partial charge in [0.2, 0.25) is 0 Å². The zero-order chi connectivity index (χ0) is 17.0. The predicted molar refractivity (Wildman–Crippen MR) is 86.8 cm³/mol. The van der Waals surface area contributed by atoms with Crippen LogP contribution in [0.3, 0.4) is 0 Å². The molecule has 1 aliphatic carbocycles. The van der Waals surface area contributed by atoms with Crippen LogP contribution in [0.15, 0.2) is 23.0 Å². The summed E-state index contributed by atoms with van der Waals surface area (Å²) < 4.78 is 1.46. The Bertz CT molecular complexity index is 893. The fourth-order valence-electron chi connectivity index (χ4n) is 3.80. The molecule has 1 aliphatic heterocycles. The largest absolute Gasteiger partial charge is 0.481 e. The number of nitrogens with one attached hydrogen (secondary N) is 1. The summed E-state index contributed by atoms with van der Waals surface area (Å²) in [6, 6.07) is 5.09. The number of rotatable bonds is 3. The summed E-state index contributed by atoms with van der Waals surface area (Å²) in [6.07, 6.45) is 2.13. The summed E-state index contributed by atoms with van der Waals surface area (Å²) in [5.41, 5.74) is 1.60. The van der Waals surface area contributed by atoms with Crippen LogP contribution in [0.25, 0.3) is 11.0 Å². The van der Waals surface area contributed by atoms with Crippen molar-refractivity contribution >= 4 is 22.9 Å². The number of hydrogen-bond acceptors (Lipinski definition) is 3. The molecule has 7 heteroatoms. The topological polar surface area (TPSA) is 95.4 Å². The maximum atomic E-state index is 12.8. The molecule has 2 aliphatic rings. The Balaban J connectivity index is 1.62. The van der Waals surface area contributed by atoms with Gasteiger partial charge >= 0.3 is 11.7 Å². The number of H-pyrrole nitrogens is 1. The number of amides is 1. The monoisotopic (exact) mass is 329 g/mol. The highest BCUT2D eigenvalue weighted by atomic mass is 16.4. The average Bonchev–Trinajstić information content (AvgIpc) is 3.24. The number of fused-ring (bicyclic) bond motifs is 1. The van der Waals surface area contributed by atoms with Gasteiger partial charge < -0.3 is 15.0 Å². The minimum Gasteiger partial charge on any atom is -0.481 e. The second-order valence-electron chi connectivity index (χ2n) is 6.88. The van der Waals surface area contributed by atoms with Crippen LogP contribution in [0.2, 0.25) is 0 Å². The number of aryl methyl sites for hydroxylation is 1. The molecule has 2 fully saturated rings. The van der Waals surface area contributed by atoms with Crippen molar-refractivity contribution in [1.29, 1.82) is 0 Å². The number of carbonyl (C=O) groups is 2. The van der Waals surface area contributed by atoms with Crippen LogP contribution >= 0.6 is 0 Å². The Labute approximate surface area is 137 Å². The summed E-state index contributed by atoms with van der Waals surface area (Å²) in [4.78, 5) is 40.3. The Hall–Kier alpha value is -2.57. The molecule has 1 aromatic heterocycles. The van der Waals surface area contributed by atoms with Crippen LogP contribution in [0.1, 0.15) is 23.2 Å². The van der Waals surface area contributed by atoms with Gasteiger partial charge in [-0.15, -0.1) is 0 Å². The van der Waals surface area contributed by atoms with Gasteiger partial charge in [0, 0.05) is 25.7 Å². The van der Waals surface area contributed by atoms with Crippen molar-refractivity contribution in [2.75, 3.05) is 13.1 Å². The van der Waals surface area contributed by atoms with Crippen LogP contribution in [0.5, 0.6) is 0 Å². The zero-order valence-electron chi connectivity index (χ0n) is 13.4. The van der Waals surface area contributed by atoms with Crippen molar-refractivity contribution in [3.8, 4) is 0 Å². The highest BCUT2D eigenvalue weighted by Gasteiger charge is 2.46. The van der Waals surface area contributed by atoms with Gasteiger partial charge in [0.05, 0.1) is 17.0 Å². The number of imidazole rings is 1. The molecule has 1 saturated heterocycles. The van der Waals surface area contributed by atoms with Gasteiger partial charge in [-0.3, -0.25) is 14.2 Å². The molecular weight excluding hydrogens is 310 g/mol. The molecule has 2 N–H and O–H groups in total. The number of nitrogens with zero attached hydrogens (tertiary/aromatic N) is 2. The summed E-state index contributed by atoms with van der Waals surface area (Å²) in [7, 11) is 1.65. The SMILES string of the molecule is Cn1c(=O)[nH]c2ccc(C(=O)N3C[C@H](C(=O)O)[C@@H](C4CC4)C3)cc21. The van der Waals surface area contributed by atoms with Crippen molar-refractivity contribution in [1.82, 2.24) is 14.5 Å². The van der Waals surface area contributed by atoms with E-state index in [0.717, 1.165) is 12.8 Å². The maximum Gasteiger partial charge on any atom is 0.326 e. The van der Waals surface area contributed by atoms with Gasteiger partial charge in [0.15, 0.2) is 0 Å². The lowest BCUT2D eigenvalue weighted by molar-refractivity contribution is -0.142. The minimum absolute atomic E-state index is 0.0618. The number of carboxylic acids is 1. The number of carboxylic acid groups (broad SMARTS) is 1. The summed E-state index contributed by atoms with van der Waals surface area (Å²) in [6.45, 7) is 0.768. The van der Waals surface area contributed by atoms with E-state index in [1.807, 2.05) is 0 Å². The maximum absolute atomic E-state index is 12.8. The number of aromatic amines is 1. The minimum atomic E-state index is -0.814. The second kappa shape index (κ2) is 5.22. The average molecular weight is 329 g/mol. The molecule has 2 aromatic rings. The molecule has 2 atom stereocenters. The number of aliphatic carboxylic acids is 1. The van der Waals surface area contributed by atoms with Gasteiger partial charge in [-0.2, -0.15) is 0 Å². The number of hydrogen-bond donors (Lipinski definition) is 2. The Morgan fingerprint density at radius 2 is 2.00 bits per heavy atom. The van der Waals surface area contributed by atoms with E-state index in [-0.39, 0.29) is 24.1 Å². The van der Waals surface area contributed by atoms with E-state index in [0.29, 0.717) is 29.1 Å². The van der Waals surface area contributed by atoms with Crippen LogP contribution in [0, 0.1) is 17.8 Å². The van der Waals surface area contributed by atoms with Gasteiger partial charge in [-0.25, -0.2) is 4.79 Å². The molecule has 1 saturated carbocycles. The normalized spacial score (nSPS) is 23.8. The van der Waals surface area contributed by atoms with E-state index in [2.05, 4.69) is 4.98 Å². The summed E-state index contributed by atoms with van der Waals surface area (Å²) in [5.74, 6) is -0.948. The van der Waals surface area contributed by atoms with Crippen molar-refractivity contribution in [2.45, 2.75) is 12.8 Å². The molecule has 1 aromatic carbocycles. The van der Waals surface area contributed by atoms with E-state index in [9.17, 15) is 19.5 Å². The summed E-state index contributed by atoms with van der Waals surface area (Å²) in [5, 5.41) is 9.43. The first kappa shape index (κ1) is 15.0. The molecular formula is C17H19N3O4. The van der Waals surface area contributed by atoms with Gasteiger partial charge in [-0.1, -0.05) is 0 Å². The molecule has 126 valence electrons. The van der Waals surface area contributed by atoms with Crippen LogP contribution in [-0.2, 0) is 11.8 Å². The number of carbonyl (C=O) groups excluding carboxylic acids is 1. The smallest absolute Gasteiger partial charge is 0.326 e. The van der Waals surface area contributed by atoms with Crippen molar-refractivity contribution in [3.05, 3.63) is 34.2 Å². The van der Waals surface area contributed by atoms with E-state index in [4.69, 9.17) is 0 Å². The number of likely N-dealkylation sites (tertiary alicyclic amines) is 1. The Kier molecular flexibility index (Phi) is 3.26. The van der Waals surface area contributed by atoms with E-state index in [1.165, 1.54) is 4.57 Å². The lowest BCUT2D eigenvalue weighted by Gasteiger charge is -2.16. The van der Waals surface area contributed by atoms with Crippen molar-refractivity contribution < 1.29 is 14.7 Å². The molecule has 4 rings (SSSR count). The number of benzene rings is 1. The highest BCUT2D eigenvalue weighted by molar-refractivity contribution is 5.98. The standard InChI is InChI=1S/C17H19N3O4/c1-19-14-6-10(4-5-13(14)18-17(19)24)15(21)20-7-11(9-2-3-9)12(8-20)16(22)23/h4-6,9,11-12H,2-3,7-8H2,1H3,(H,18,24)(H,22,23)/t11-,12+/m1/s1. The van der Waals surface area contributed by atoms with Crippen molar-refractivity contribution in [3.63, 3.8) is 0 Å². The molecule has 0 spiro atoms. The molecule has 0 unspecified atom stereocenters. The Morgan fingerprint density at radius 3 is 2.67 bits per heavy atom. The van der Waals surface area contributed by atoms with E-state index in [1.54, 1.807) is 30.1 Å². The lowest BCUT2D eigenvalue weighted by Crippen LogP contribution is -2.29. The third-order valence-electron chi connectivity index (χ3n) is 5.35. The fourth-order valence-corrected chi connectivity index (χ4v) is 3.80. The molecule has 0 bridgehead atoms. The van der Waals surface area contributed by atoms with Gasteiger partial charge in [-0.05, 0) is 42.9 Å². The lowest BCUT2D eigenvalue weighted by atomic mass is 9.92. The van der Waals surface area contributed by atoms with E-state index >= 15 is 0 Å². The third kappa shape index (κ3) is 2.31. The highest BCUT2D eigenvalue weighted by Crippen LogP contribution is 2.44.